The van der Waals surface area contributed by atoms with E-state index in [0.29, 0.717) is 0 Å². The second-order valence-corrected chi connectivity index (χ2v) is 12.2. The first-order chi connectivity index (χ1) is 18.2. The van der Waals surface area contributed by atoms with Crippen molar-refractivity contribution in [1.29, 1.82) is 0 Å². The van der Waals surface area contributed by atoms with Crippen LogP contribution in [0.15, 0.2) is 0 Å². The smallest absolute Gasteiger partial charge is 0.0267 e. The van der Waals surface area contributed by atoms with Gasteiger partial charge in [0.25, 0.3) is 0 Å². The van der Waals surface area contributed by atoms with Crippen LogP contribution in [0.5, 0.6) is 0 Å². The molecule has 1 unspecified atom stereocenters. The monoisotopic (exact) mass is 509 g/mol. The molecule has 0 aromatic rings. The molecule has 0 amide bonds. The molecule has 0 heterocycles. The predicted octanol–water partition coefficient (Wildman–Crippen LogP) is 12.7. The van der Waals surface area contributed by atoms with Crippen molar-refractivity contribution >= 4 is 0 Å². The van der Waals surface area contributed by atoms with Crippen molar-refractivity contribution in [1.82, 2.24) is 4.90 Å². The van der Waals surface area contributed by atoms with Crippen LogP contribution < -0.4 is 0 Å². The van der Waals surface area contributed by atoms with Crippen LogP contribution in [0.1, 0.15) is 207 Å². The molecule has 0 radical (unpaired) electrons. The molecule has 0 fully saturated rings. The van der Waals surface area contributed by atoms with Gasteiger partial charge in [0, 0.05) is 1.37 Å². The van der Waals surface area contributed by atoms with Crippen molar-refractivity contribution in [2.45, 2.75) is 206 Å². The van der Waals surface area contributed by atoms with Gasteiger partial charge in [-0.25, -0.2) is 0 Å². The van der Waals surface area contributed by atoms with E-state index in [1.807, 2.05) is 0 Å². The molecule has 0 aliphatic heterocycles. The van der Waals surface area contributed by atoms with Gasteiger partial charge in [-0.05, 0) is 27.1 Å². The highest BCUT2D eigenvalue weighted by Crippen LogP contribution is 2.16. The lowest BCUT2D eigenvalue weighted by Gasteiger charge is -2.08. The molecule has 36 heavy (non-hydrogen) atoms. The number of nitrogens with zero attached hydrogens (tertiary/aromatic N) is 1. The van der Waals surface area contributed by atoms with Crippen LogP contribution in [0.3, 0.4) is 0 Å². The molecule has 0 saturated heterocycles. The first-order valence-electron chi connectivity index (χ1n) is 17.8. The Hall–Kier alpha value is -0.0400. The molecular formula is C35H73N. The molecular weight excluding hydrogens is 434 g/mol. The first-order valence-corrected chi connectivity index (χ1v) is 17.2. The zero-order chi connectivity index (χ0) is 27.1. The van der Waals surface area contributed by atoms with E-state index < -0.39 is 0 Å². The van der Waals surface area contributed by atoms with E-state index in [1.54, 1.807) is 0 Å². The second-order valence-electron chi connectivity index (χ2n) is 12.2. The summed E-state index contributed by atoms with van der Waals surface area (Å²) in [5.74, 6) is 0. The maximum Gasteiger partial charge on any atom is 0.0267 e. The average molecular weight is 509 g/mol. The van der Waals surface area contributed by atoms with E-state index in [4.69, 9.17) is 1.37 Å². The van der Waals surface area contributed by atoms with Gasteiger partial charge >= 0.3 is 0 Å². The van der Waals surface area contributed by atoms with Crippen LogP contribution in [0.4, 0.5) is 0 Å². The molecule has 0 N–H and O–H groups in total. The minimum Gasteiger partial charge on any atom is -0.309 e. The van der Waals surface area contributed by atoms with Gasteiger partial charge in [-0.2, -0.15) is 0 Å². The summed E-state index contributed by atoms with van der Waals surface area (Å²) in [5, 5.41) is 0. The summed E-state index contributed by atoms with van der Waals surface area (Å²) >= 11 is 0. The van der Waals surface area contributed by atoms with Crippen LogP contribution >= 0.6 is 0 Å². The number of rotatable bonds is 32. The zero-order valence-corrected chi connectivity index (χ0v) is 25.9. The molecule has 1 atom stereocenters. The van der Waals surface area contributed by atoms with Crippen LogP contribution in [0.25, 0.3) is 0 Å². The van der Waals surface area contributed by atoms with E-state index in [9.17, 15) is 0 Å². The molecule has 218 valence electrons. The molecule has 0 aromatic carbocycles. The lowest BCUT2D eigenvalue weighted by molar-refractivity contribution is 0.389. The normalized spacial score (nSPS) is 12.9. The van der Waals surface area contributed by atoms with Crippen molar-refractivity contribution in [2.75, 3.05) is 20.6 Å². The lowest BCUT2D eigenvalue weighted by Crippen LogP contribution is -2.12. The van der Waals surface area contributed by atoms with E-state index in [0.717, 1.165) is 12.8 Å². The Morgan fingerprint density at radius 2 is 0.556 bits per heavy atom. The van der Waals surface area contributed by atoms with E-state index in [-0.39, 0.29) is 6.40 Å². The molecule has 0 rings (SSSR count). The van der Waals surface area contributed by atoms with Gasteiger partial charge in [0.1, 0.15) is 0 Å². The third-order valence-electron chi connectivity index (χ3n) is 8.03. The summed E-state index contributed by atoms with van der Waals surface area (Å²) in [5.41, 5.74) is 0. The summed E-state index contributed by atoms with van der Waals surface area (Å²) < 4.78 is 8.32. The topological polar surface area (TPSA) is 3.24 Å². The Morgan fingerprint density at radius 3 is 0.806 bits per heavy atom. The van der Waals surface area contributed by atoms with Crippen LogP contribution in [0.2, 0.25) is 0 Å². The minimum absolute atomic E-state index is 0.212. The maximum absolute atomic E-state index is 8.32. The Labute approximate surface area is 232 Å². The van der Waals surface area contributed by atoms with E-state index >= 15 is 0 Å². The lowest BCUT2D eigenvalue weighted by atomic mass is 10.0. The first kappa shape index (κ1) is 34.0. The van der Waals surface area contributed by atoms with Gasteiger partial charge in [0.15, 0.2) is 0 Å². The predicted molar refractivity (Wildman–Crippen MR) is 167 cm³/mol. The van der Waals surface area contributed by atoms with Crippen molar-refractivity contribution in [3.63, 3.8) is 0 Å². The van der Waals surface area contributed by atoms with Crippen molar-refractivity contribution in [2.24, 2.45) is 0 Å². The van der Waals surface area contributed by atoms with E-state index in [2.05, 4.69) is 25.9 Å². The highest BCUT2D eigenvalue weighted by atomic mass is 15.0. The molecule has 0 saturated carbocycles. The Balaban J connectivity index is 3.14. The maximum atomic E-state index is 8.32. The standard InChI is InChI=1S/C35H73N/c1-4-5-6-7-8-9-10-11-12-13-14-15-16-17-18-19-20-21-22-23-24-25-26-27-28-29-30-31-32-33-34-35-36(2)3/h4-35H2,1-3H3/i22D. The molecule has 0 aromatic heterocycles. The Kier molecular flexibility index (Phi) is 31.1. The minimum atomic E-state index is 0.212. The zero-order valence-electron chi connectivity index (χ0n) is 26.9. The van der Waals surface area contributed by atoms with Gasteiger partial charge in [0.05, 0.1) is 0 Å². The summed E-state index contributed by atoms with van der Waals surface area (Å²) in [7, 11) is 4.35. The Morgan fingerprint density at radius 1 is 0.333 bits per heavy atom. The average Bonchev–Trinajstić information content (AvgIpc) is 2.88. The summed E-state index contributed by atoms with van der Waals surface area (Å²) in [6.45, 7) is 3.55. The largest absolute Gasteiger partial charge is 0.309 e. The fraction of sp³-hybridized carbons (Fsp3) is 1.00. The Bertz CT molecular complexity index is 397. The third kappa shape index (κ3) is 34.0. The van der Waals surface area contributed by atoms with Gasteiger partial charge in [-0.1, -0.05) is 200 Å². The molecule has 0 aliphatic rings. The van der Waals surface area contributed by atoms with Gasteiger partial charge in [-0.15, -0.1) is 0 Å². The van der Waals surface area contributed by atoms with Gasteiger partial charge < -0.3 is 4.90 Å². The summed E-state index contributed by atoms with van der Waals surface area (Å²) in [4.78, 5) is 2.30. The number of hydrogen-bond acceptors (Lipinski definition) is 1. The fourth-order valence-corrected chi connectivity index (χ4v) is 5.47. The van der Waals surface area contributed by atoms with Crippen molar-refractivity contribution < 1.29 is 1.37 Å². The molecule has 1 nitrogen and oxygen atoms in total. The van der Waals surface area contributed by atoms with Crippen molar-refractivity contribution in [3.8, 4) is 0 Å². The molecule has 1 heteroatoms. The number of unbranched alkanes of at least 4 members (excludes halogenated alkanes) is 26. The van der Waals surface area contributed by atoms with Crippen LogP contribution in [-0.2, 0) is 0 Å². The molecule has 0 spiro atoms. The van der Waals surface area contributed by atoms with E-state index in [1.165, 1.54) is 186 Å². The number of hydrogen-bond donors (Lipinski definition) is 0. The second kappa shape index (κ2) is 33.0. The quantitative estimate of drug-likeness (QED) is 0.0816. The molecule has 0 aliphatic carbocycles. The van der Waals surface area contributed by atoms with Crippen LogP contribution in [-0.4, -0.2) is 25.5 Å². The summed E-state index contributed by atoms with van der Waals surface area (Å²) in [6, 6.07) is 0. The molecule has 0 bridgehead atoms. The SMILES string of the molecule is [2H]C(CCCCCCCCCCCCCCCCCCC)CCCCCCCCCCCCCN(C)C. The van der Waals surface area contributed by atoms with Crippen LogP contribution in [0, 0.1) is 0 Å². The fourth-order valence-electron chi connectivity index (χ4n) is 5.47. The van der Waals surface area contributed by atoms with Gasteiger partial charge in [0.2, 0.25) is 0 Å². The van der Waals surface area contributed by atoms with Crippen molar-refractivity contribution in [3.05, 3.63) is 0 Å². The highest BCUT2D eigenvalue weighted by molar-refractivity contribution is 4.53. The highest BCUT2D eigenvalue weighted by Gasteiger charge is 1.97. The summed E-state index contributed by atoms with van der Waals surface area (Å²) in [6.07, 6.45) is 42.3. The van der Waals surface area contributed by atoms with Gasteiger partial charge in [-0.3, -0.25) is 0 Å². The third-order valence-corrected chi connectivity index (χ3v) is 8.03.